The highest BCUT2D eigenvalue weighted by atomic mass is 16.4. The van der Waals surface area contributed by atoms with Crippen molar-refractivity contribution in [3.05, 3.63) is 0 Å². The monoisotopic (exact) mass is 270 g/mol. The van der Waals surface area contributed by atoms with Gasteiger partial charge in [0, 0.05) is 0 Å². The van der Waals surface area contributed by atoms with Gasteiger partial charge in [0.2, 0.25) is 5.91 Å². The van der Waals surface area contributed by atoms with Gasteiger partial charge in [-0.05, 0) is 25.2 Å². The van der Waals surface area contributed by atoms with Gasteiger partial charge in [-0.25, -0.2) is 4.79 Å². The number of nitrogens with two attached hydrogens (primary N) is 1. The van der Waals surface area contributed by atoms with Gasteiger partial charge in [0.1, 0.15) is 5.54 Å². The van der Waals surface area contributed by atoms with Crippen molar-refractivity contribution >= 4 is 11.9 Å². The fourth-order valence-electron chi connectivity index (χ4n) is 2.67. The Hall–Kier alpha value is -1.10. The van der Waals surface area contributed by atoms with Gasteiger partial charge >= 0.3 is 5.97 Å². The van der Waals surface area contributed by atoms with Gasteiger partial charge in [0.25, 0.3) is 0 Å². The number of hydrogen-bond acceptors (Lipinski definition) is 3. The Labute approximate surface area is 114 Å². The standard InChI is InChI=1S/C14H26N2O3/c1-10(2)9-11(15)12(17)16-14(13(18)19)7-5-3-4-6-8-14/h10-11H,3-9,15H2,1-2H3,(H,16,17)(H,18,19)/t11-/m0/s1. The highest BCUT2D eigenvalue weighted by Gasteiger charge is 2.40. The minimum Gasteiger partial charge on any atom is -0.480 e. The smallest absolute Gasteiger partial charge is 0.329 e. The maximum Gasteiger partial charge on any atom is 0.329 e. The van der Waals surface area contributed by atoms with E-state index in [1.54, 1.807) is 0 Å². The molecule has 4 N–H and O–H groups in total. The molecule has 0 spiro atoms. The maximum absolute atomic E-state index is 12.1. The lowest BCUT2D eigenvalue weighted by Crippen LogP contribution is -2.58. The Morgan fingerprint density at radius 3 is 2.16 bits per heavy atom. The number of hydrogen-bond donors (Lipinski definition) is 3. The van der Waals surface area contributed by atoms with Gasteiger partial charge in [0.15, 0.2) is 0 Å². The van der Waals surface area contributed by atoms with E-state index in [2.05, 4.69) is 5.32 Å². The van der Waals surface area contributed by atoms with Crippen LogP contribution in [-0.2, 0) is 9.59 Å². The Morgan fingerprint density at radius 1 is 1.21 bits per heavy atom. The van der Waals surface area contributed by atoms with E-state index >= 15 is 0 Å². The summed E-state index contributed by atoms with van der Waals surface area (Å²) in [6.45, 7) is 3.98. The Balaban J connectivity index is 2.72. The Bertz CT molecular complexity index is 321. The van der Waals surface area contributed by atoms with Gasteiger partial charge in [-0.2, -0.15) is 0 Å². The molecule has 1 aliphatic rings. The molecule has 110 valence electrons. The summed E-state index contributed by atoms with van der Waals surface area (Å²) >= 11 is 0. The van der Waals surface area contributed by atoms with Gasteiger partial charge in [0.05, 0.1) is 6.04 Å². The van der Waals surface area contributed by atoms with Crippen molar-refractivity contribution < 1.29 is 14.7 Å². The van der Waals surface area contributed by atoms with Crippen LogP contribution in [0.15, 0.2) is 0 Å². The van der Waals surface area contributed by atoms with E-state index in [1.165, 1.54) is 0 Å². The lowest BCUT2D eigenvalue weighted by Gasteiger charge is -2.30. The second-order valence-corrected chi connectivity index (χ2v) is 6.03. The fraction of sp³-hybridized carbons (Fsp3) is 0.857. The van der Waals surface area contributed by atoms with Gasteiger partial charge in [-0.1, -0.05) is 39.5 Å². The lowest BCUT2D eigenvalue weighted by molar-refractivity contribution is -0.148. The number of carboxylic acids is 1. The molecule has 0 bridgehead atoms. The zero-order valence-electron chi connectivity index (χ0n) is 11.9. The van der Waals surface area contributed by atoms with E-state index in [1.807, 2.05) is 13.8 Å². The van der Waals surface area contributed by atoms with E-state index in [0.717, 1.165) is 25.7 Å². The van der Waals surface area contributed by atoms with E-state index in [9.17, 15) is 14.7 Å². The van der Waals surface area contributed by atoms with Crippen LogP contribution in [0.5, 0.6) is 0 Å². The first-order chi connectivity index (χ1) is 8.87. The van der Waals surface area contributed by atoms with Gasteiger partial charge in [-0.3, -0.25) is 4.79 Å². The third kappa shape index (κ3) is 4.49. The van der Waals surface area contributed by atoms with Crippen LogP contribution in [0.3, 0.4) is 0 Å². The summed E-state index contributed by atoms with van der Waals surface area (Å²) in [7, 11) is 0. The molecule has 0 aromatic rings. The van der Waals surface area contributed by atoms with Gasteiger partial charge in [-0.15, -0.1) is 0 Å². The lowest BCUT2D eigenvalue weighted by atomic mass is 9.89. The van der Waals surface area contributed by atoms with E-state index in [0.29, 0.717) is 25.2 Å². The van der Waals surface area contributed by atoms with E-state index in [4.69, 9.17) is 5.73 Å². The zero-order valence-corrected chi connectivity index (χ0v) is 11.9. The molecule has 19 heavy (non-hydrogen) atoms. The number of carbonyl (C=O) groups is 2. The first kappa shape index (κ1) is 16.0. The molecule has 1 saturated carbocycles. The topological polar surface area (TPSA) is 92.4 Å². The normalized spacial score (nSPS) is 20.6. The fourth-order valence-corrected chi connectivity index (χ4v) is 2.67. The number of carbonyl (C=O) groups excluding carboxylic acids is 1. The minimum atomic E-state index is -1.11. The van der Waals surface area contributed by atoms with Crippen molar-refractivity contribution in [1.82, 2.24) is 5.32 Å². The van der Waals surface area contributed by atoms with Crippen molar-refractivity contribution in [3.8, 4) is 0 Å². The number of aliphatic carboxylic acids is 1. The summed E-state index contributed by atoms with van der Waals surface area (Å²) in [4.78, 5) is 23.6. The van der Waals surface area contributed by atoms with Crippen LogP contribution < -0.4 is 11.1 Å². The number of amides is 1. The van der Waals surface area contributed by atoms with Crippen molar-refractivity contribution in [3.63, 3.8) is 0 Å². The third-order valence-corrected chi connectivity index (χ3v) is 3.79. The summed E-state index contributed by atoms with van der Waals surface area (Å²) in [5.74, 6) is -0.951. The number of carboxylic acid groups (broad SMARTS) is 1. The molecule has 0 heterocycles. The average molecular weight is 270 g/mol. The molecule has 1 amide bonds. The summed E-state index contributed by atoms with van der Waals surface area (Å²) in [6.07, 6.45) is 5.32. The molecule has 1 aliphatic carbocycles. The molecule has 0 unspecified atom stereocenters. The molecular weight excluding hydrogens is 244 g/mol. The summed E-state index contributed by atoms with van der Waals surface area (Å²) in [5.41, 5.74) is 4.72. The molecule has 1 fully saturated rings. The number of nitrogens with one attached hydrogen (secondary N) is 1. The van der Waals surface area contributed by atoms with E-state index < -0.39 is 17.6 Å². The molecule has 0 aliphatic heterocycles. The summed E-state index contributed by atoms with van der Waals surface area (Å²) in [5, 5.41) is 12.2. The summed E-state index contributed by atoms with van der Waals surface area (Å²) < 4.78 is 0. The molecular formula is C14H26N2O3. The Morgan fingerprint density at radius 2 is 1.74 bits per heavy atom. The molecule has 1 atom stereocenters. The van der Waals surface area contributed by atoms with Crippen LogP contribution in [-0.4, -0.2) is 28.6 Å². The van der Waals surface area contributed by atoms with Crippen molar-refractivity contribution in [2.75, 3.05) is 0 Å². The third-order valence-electron chi connectivity index (χ3n) is 3.79. The van der Waals surface area contributed by atoms with E-state index in [-0.39, 0.29) is 5.91 Å². The van der Waals surface area contributed by atoms with Gasteiger partial charge < -0.3 is 16.2 Å². The molecule has 0 aromatic heterocycles. The maximum atomic E-state index is 12.1. The van der Waals surface area contributed by atoms with Crippen LogP contribution in [0, 0.1) is 5.92 Å². The highest BCUT2D eigenvalue weighted by molar-refractivity contribution is 5.89. The predicted octanol–water partition coefficient (Wildman–Crippen LogP) is 1.65. The van der Waals surface area contributed by atoms with Crippen LogP contribution in [0.2, 0.25) is 0 Å². The van der Waals surface area contributed by atoms with Crippen LogP contribution in [0.4, 0.5) is 0 Å². The highest BCUT2D eigenvalue weighted by Crippen LogP contribution is 2.27. The minimum absolute atomic E-state index is 0.315. The van der Waals surface area contributed by atoms with Crippen molar-refractivity contribution in [2.24, 2.45) is 11.7 Å². The molecule has 5 nitrogen and oxygen atoms in total. The zero-order chi connectivity index (χ0) is 14.5. The average Bonchev–Trinajstić information content (AvgIpc) is 2.54. The quantitative estimate of drug-likeness (QED) is 0.662. The first-order valence-electron chi connectivity index (χ1n) is 7.18. The predicted molar refractivity (Wildman–Crippen MR) is 73.6 cm³/mol. The molecule has 0 saturated heterocycles. The molecule has 0 aromatic carbocycles. The second kappa shape index (κ2) is 6.89. The first-order valence-corrected chi connectivity index (χ1v) is 7.18. The SMILES string of the molecule is CC(C)C[C@H](N)C(=O)NC1(C(=O)O)CCCCCC1. The molecule has 5 heteroatoms. The van der Waals surface area contributed by atoms with Crippen LogP contribution in [0.25, 0.3) is 0 Å². The number of rotatable bonds is 5. The van der Waals surface area contributed by atoms with Crippen molar-refractivity contribution in [2.45, 2.75) is 70.4 Å². The van der Waals surface area contributed by atoms with Crippen molar-refractivity contribution in [1.29, 1.82) is 0 Å². The van der Waals surface area contributed by atoms with Crippen LogP contribution >= 0.6 is 0 Å². The van der Waals surface area contributed by atoms with Crippen LogP contribution in [0.1, 0.15) is 58.8 Å². The second-order valence-electron chi connectivity index (χ2n) is 6.03. The molecule has 1 rings (SSSR count). The Kier molecular flexibility index (Phi) is 5.79. The molecule has 0 radical (unpaired) electrons. The largest absolute Gasteiger partial charge is 0.480 e. The summed E-state index contributed by atoms with van der Waals surface area (Å²) in [6, 6.07) is -0.625.